The van der Waals surface area contributed by atoms with Crippen LogP contribution in [0.5, 0.6) is 0 Å². The molecule has 0 radical (unpaired) electrons. The molecule has 0 saturated heterocycles. The summed E-state index contributed by atoms with van der Waals surface area (Å²) >= 11 is 3.01. The average molecular weight is 754 g/mol. The number of alkyl carbamates (subject to hydrolysis) is 1. The first-order valence-corrected chi connectivity index (χ1v) is 19.5. The zero-order valence-corrected chi connectivity index (χ0v) is 31.9. The maximum absolute atomic E-state index is 14.2. The third-order valence-corrected chi connectivity index (χ3v) is 10.6. The molecule has 0 unspecified atom stereocenters. The van der Waals surface area contributed by atoms with Crippen LogP contribution in [0.1, 0.15) is 64.9 Å². The van der Waals surface area contributed by atoms with Crippen molar-refractivity contribution in [2.45, 2.75) is 83.1 Å². The first-order valence-electron chi connectivity index (χ1n) is 17.8. The van der Waals surface area contributed by atoms with Crippen LogP contribution in [0.15, 0.2) is 102 Å². The summed E-state index contributed by atoms with van der Waals surface area (Å²) in [4.78, 5) is 55.9. The Morgan fingerprint density at radius 1 is 0.774 bits per heavy atom. The van der Waals surface area contributed by atoms with Gasteiger partial charge in [0.25, 0.3) is 0 Å². The summed E-state index contributed by atoms with van der Waals surface area (Å²) in [6, 6.07) is 21.8. The molecule has 0 aliphatic rings. The molecule has 0 fully saturated rings. The molecule has 4 amide bonds. The lowest BCUT2D eigenvalue weighted by Gasteiger charge is -2.27. The molecule has 0 spiro atoms. The van der Waals surface area contributed by atoms with Crippen LogP contribution in [0.3, 0.4) is 0 Å². The highest BCUT2D eigenvalue weighted by Gasteiger charge is 2.27. The minimum absolute atomic E-state index is 0.143. The van der Waals surface area contributed by atoms with Gasteiger partial charge in [0.1, 0.15) is 12.6 Å². The van der Waals surface area contributed by atoms with Crippen molar-refractivity contribution in [3.63, 3.8) is 0 Å². The molecular weight excluding hydrogens is 707 g/mol. The molecule has 278 valence electrons. The third kappa shape index (κ3) is 13.1. The van der Waals surface area contributed by atoms with Gasteiger partial charge >= 0.3 is 12.1 Å². The van der Waals surface area contributed by atoms with E-state index in [-0.39, 0.29) is 37.0 Å². The highest BCUT2D eigenvalue weighted by Crippen LogP contribution is 2.20. The number of pyridine rings is 1. The van der Waals surface area contributed by atoms with Crippen molar-refractivity contribution in [3.8, 4) is 0 Å². The molecule has 0 bridgehead atoms. The van der Waals surface area contributed by atoms with Crippen molar-refractivity contribution in [2.75, 3.05) is 7.05 Å². The quantitative estimate of drug-likeness (QED) is 0.0884. The van der Waals surface area contributed by atoms with Crippen molar-refractivity contribution in [1.29, 1.82) is 0 Å². The molecule has 3 heterocycles. The number of ether oxygens (including phenoxy) is 1. The number of thiazole rings is 2. The molecule has 0 saturated carbocycles. The monoisotopic (exact) mass is 753 g/mol. The van der Waals surface area contributed by atoms with Crippen LogP contribution in [-0.4, -0.2) is 63.1 Å². The van der Waals surface area contributed by atoms with Gasteiger partial charge in [0.15, 0.2) is 0 Å². The number of aromatic nitrogens is 3. The summed E-state index contributed by atoms with van der Waals surface area (Å²) in [6.45, 7) is 4.64. The van der Waals surface area contributed by atoms with E-state index >= 15 is 0 Å². The maximum Gasteiger partial charge on any atom is 0.407 e. The molecule has 0 aliphatic carbocycles. The molecule has 3 N–H and O–H groups in total. The maximum atomic E-state index is 14.2. The number of hydrogen-bond acceptors (Lipinski definition) is 9. The van der Waals surface area contributed by atoms with E-state index in [1.165, 1.54) is 11.3 Å². The Morgan fingerprint density at radius 2 is 1.40 bits per heavy atom. The van der Waals surface area contributed by atoms with E-state index in [0.717, 1.165) is 32.3 Å². The number of nitrogens with zero attached hydrogens (tertiary/aromatic N) is 4. The summed E-state index contributed by atoms with van der Waals surface area (Å²) in [5.74, 6) is 0.00864. The van der Waals surface area contributed by atoms with Crippen molar-refractivity contribution >= 4 is 40.7 Å². The van der Waals surface area contributed by atoms with Crippen molar-refractivity contribution in [2.24, 2.45) is 0 Å². The number of carbonyl (C=O) groups excluding carboxylic acids is 3. The first kappa shape index (κ1) is 39.1. The van der Waals surface area contributed by atoms with Crippen molar-refractivity contribution in [3.05, 3.63) is 135 Å². The minimum Gasteiger partial charge on any atom is -0.444 e. The molecule has 3 aromatic heterocycles. The number of benzene rings is 2. The van der Waals surface area contributed by atoms with Crippen LogP contribution in [0.25, 0.3) is 0 Å². The third-order valence-electron chi connectivity index (χ3n) is 8.62. The Balaban J connectivity index is 1.30. The molecule has 11 nitrogen and oxygen atoms in total. The lowest BCUT2D eigenvalue weighted by atomic mass is 9.95. The second-order valence-corrected chi connectivity index (χ2v) is 15.2. The van der Waals surface area contributed by atoms with Crippen LogP contribution in [0, 0.1) is 0 Å². The van der Waals surface area contributed by atoms with E-state index in [1.807, 2.05) is 78.2 Å². The number of rotatable bonds is 18. The molecule has 5 rings (SSSR count). The Labute approximate surface area is 319 Å². The smallest absolute Gasteiger partial charge is 0.407 e. The summed E-state index contributed by atoms with van der Waals surface area (Å²) in [7, 11) is 1.70. The molecular formula is C40H47N7O4S2. The number of urea groups is 1. The van der Waals surface area contributed by atoms with Crippen molar-refractivity contribution < 1.29 is 19.1 Å². The molecule has 2 aromatic carbocycles. The van der Waals surface area contributed by atoms with Gasteiger partial charge in [0.05, 0.1) is 27.6 Å². The summed E-state index contributed by atoms with van der Waals surface area (Å²) in [6.07, 6.45) is 7.09. The van der Waals surface area contributed by atoms with Gasteiger partial charge in [0.2, 0.25) is 5.91 Å². The Bertz CT molecular complexity index is 1840. The lowest BCUT2D eigenvalue weighted by molar-refractivity contribution is -0.123. The SMILES string of the molecule is CC(C)c1nc(CN(C)C(=O)N[C@@H](Cc2ccncc2)C(=O)N[C@H](CC[C@H](Cc2ccccc2)NC(=O)OCc2cncs2)Cc2ccccc2)cs1. The van der Waals surface area contributed by atoms with Gasteiger partial charge in [-0.05, 0) is 54.5 Å². The fraction of sp³-hybridized carbons (Fsp3) is 0.350. The van der Waals surface area contributed by atoms with Gasteiger partial charge in [-0.1, -0.05) is 74.5 Å². The summed E-state index contributed by atoms with van der Waals surface area (Å²) < 4.78 is 5.51. The van der Waals surface area contributed by atoms with Crippen LogP contribution in [0.4, 0.5) is 9.59 Å². The topological polar surface area (TPSA) is 138 Å². The predicted molar refractivity (Wildman–Crippen MR) is 209 cm³/mol. The fourth-order valence-electron chi connectivity index (χ4n) is 5.81. The largest absolute Gasteiger partial charge is 0.444 e. The number of carbonyl (C=O) groups is 3. The number of nitrogens with one attached hydrogen (secondary N) is 3. The normalized spacial score (nSPS) is 12.8. The minimum atomic E-state index is -0.854. The Hall–Kier alpha value is -5.14. The number of amides is 4. The van der Waals surface area contributed by atoms with Crippen LogP contribution in [0.2, 0.25) is 0 Å². The van der Waals surface area contributed by atoms with Crippen molar-refractivity contribution in [1.82, 2.24) is 35.8 Å². The van der Waals surface area contributed by atoms with Gasteiger partial charge in [-0.25, -0.2) is 14.6 Å². The van der Waals surface area contributed by atoms with E-state index in [2.05, 4.69) is 44.7 Å². The average Bonchev–Trinajstić information content (AvgIpc) is 3.87. The van der Waals surface area contributed by atoms with E-state index < -0.39 is 12.1 Å². The van der Waals surface area contributed by atoms with Crippen LogP contribution >= 0.6 is 22.7 Å². The zero-order valence-electron chi connectivity index (χ0n) is 30.3. The summed E-state index contributed by atoms with van der Waals surface area (Å²) in [5.41, 5.74) is 5.51. The van der Waals surface area contributed by atoms with Crippen LogP contribution < -0.4 is 16.0 Å². The lowest BCUT2D eigenvalue weighted by Crippen LogP contribution is -2.53. The second kappa shape index (κ2) is 20.2. The molecule has 0 aliphatic heterocycles. The Kier molecular flexibility index (Phi) is 14.9. The molecule has 53 heavy (non-hydrogen) atoms. The van der Waals surface area contributed by atoms with E-state index in [9.17, 15) is 14.4 Å². The molecule has 5 aromatic rings. The Morgan fingerprint density at radius 3 is 1.98 bits per heavy atom. The van der Waals surface area contributed by atoms with Gasteiger partial charge in [-0.15, -0.1) is 22.7 Å². The van der Waals surface area contributed by atoms with Gasteiger partial charge in [0, 0.05) is 55.4 Å². The van der Waals surface area contributed by atoms with E-state index in [0.29, 0.717) is 38.1 Å². The summed E-state index contributed by atoms with van der Waals surface area (Å²) in [5, 5.41) is 12.3. The fourth-order valence-corrected chi connectivity index (χ4v) is 7.14. The van der Waals surface area contributed by atoms with Gasteiger partial charge in [-0.3, -0.25) is 14.8 Å². The highest BCUT2D eigenvalue weighted by molar-refractivity contribution is 7.09. The second-order valence-electron chi connectivity index (χ2n) is 13.3. The molecule has 13 heteroatoms. The molecule has 3 atom stereocenters. The van der Waals surface area contributed by atoms with Gasteiger partial charge < -0.3 is 25.6 Å². The number of hydrogen-bond donors (Lipinski definition) is 3. The standard InChI is InChI=1S/C40H47N7O4S2/c1-28(2)38-44-34(26-52-38)24-47(3)39(49)46-36(22-31-16-18-41-19-17-31)37(48)43-32(20-29-10-6-4-7-11-29)14-15-33(21-30-12-8-5-9-13-30)45-40(50)51-25-35-23-42-27-53-35/h4-13,16-19,23,26-28,32-33,36H,14-15,20-22,24-25H2,1-3H3,(H,43,48)(H,45,50)(H,46,49)/t32-,33-,36+/m1/s1. The predicted octanol–water partition coefficient (Wildman–Crippen LogP) is 6.92. The van der Waals surface area contributed by atoms with Crippen LogP contribution in [-0.2, 0) is 41.9 Å². The van der Waals surface area contributed by atoms with E-state index in [4.69, 9.17) is 4.74 Å². The zero-order chi connectivity index (χ0) is 37.4. The first-order chi connectivity index (χ1) is 25.7. The van der Waals surface area contributed by atoms with E-state index in [1.54, 1.807) is 47.4 Å². The van der Waals surface area contributed by atoms with Gasteiger partial charge in [-0.2, -0.15) is 0 Å². The highest BCUT2D eigenvalue weighted by atomic mass is 32.1.